The van der Waals surface area contributed by atoms with Gasteiger partial charge in [0.1, 0.15) is 30.1 Å². The molecule has 0 spiro atoms. The van der Waals surface area contributed by atoms with Crippen molar-refractivity contribution in [2.45, 2.75) is 33.4 Å². The van der Waals surface area contributed by atoms with Crippen molar-refractivity contribution in [3.8, 4) is 5.75 Å². The molecule has 2 rings (SSSR count). The Morgan fingerprint density at radius 1 is 1.17 bits per heavy atom. The highest BCUT2D eigenvalue weighted by atomic mass is 16.5. The van der Waals surface area contributed by atoms with Crippen molar-refractivity contribution in [1.82, 2.24) is 19.7 Å². The van der Waals surface area contributed by atoms with Crippen molar-refractivity contribution in [3.63, 3.8) is 0 Å². The topological polar surface area (TPSA) is 63.4 Å². The lowest BCUT2D eigenvalue weighted by atomic mass is 10.1. The van der Waals surface area contributed by atoms with Gasteiger partial charge in [-0.25, -0.2) is 0 Å². The van der Waals surface area contributed by atoms with Crippen LogP contribution in [0.15, 0.2) is 18.2 Å². The van der Waals surface area contributed by atoms with Crippen LogP contribution in [0.5, 0.6) is 5.75 Å². The SMILES string of the molecule is Cc1cc(C)cc(OCC(O)CN(C)Cc2nnc(C)n2C)c1. The molecule has 1 aromatic carbocycles. The third kappa shape index (κ3) is 5.04. The summed E-state index contributed by atoms with van der Waals surface area (Å²) in [5.74, 6) is 2.56. The molecule has 1 heterocycles. The zero-order valence-corrected chi connectivity index (χ0v) is 14.6. The fraction of sp³-hybridized carbons (Fsp3) is 0.529. The van der Waals surface area contributed by atoms with Crippen LogP contribution >= 0.6 is 0 Å². The Labute approximate surface area is 137 Å². The summed E-state index contributed by atoms with van der Waals surface area (Å²) in [6, 6.07) is 6.05. The predicted molar refractivity (Wildman–Crippen MR) is 89.5 cm³/mol. The summed E-state index contributed by atoms with van der Waals surface area (Å²) in [6.07, 6.45) is -0.560. The van der Waals surface area contributed by atoms with Gasteiger partial charge in [0.05, 0.1) is 6.54 Å². The maximum absolute atomic E-state index is 10.2. The number of ether oxygens (including phenoxy) is 1. The van der Waals surface area contributed by atoms with Gasteiger partial charge in [0, 0.05) is 13.6 Å². The molecule has 126 valence electrons. The minimum atomic E-state index is -0.560. The van der Waals surface area contributed by atoms with Crippen molar-refractivity contribution in [1.29, 1.82) is 0 Å². The van der Waals surface area contributed by atoms with Crippen molar-refractivity contribution >= 4 is 0 Å². The Morgan fingerprint density at radius 3 is 2.39 bits per heavy atom. The summed E-state index contributed by atoms with van der Waals surface area (Å²) in [7, 11) is 3.89. The van der Waals surface area contributed by atoms with E-state index in [4.69, 9.17) is 4.74 Å². The normalized spacial score (nSPS) is 12.7. The number of likely N-dealkylation sites (N-methyl/N-ethyl adjacent to an activating group) is 1. The molecule has 1 unspecified atom stereocenters. The minimum absolute atomic E-state index is 0.269. The average molecular weight is 318 g/mol. The Hall–Kier alpha value is -1.92. The van der Waals surface area contributed by atoms with Gasteiger partial charge in [0.25, 0.3) is 0 Å². The molecule has 0 aliphatic heterocycles. The second kappa shape index (κ2) is 7.57. The van der Waals surface area contributed by atoms with Gasteiger partial charge in [-0.05, 0) is 51.1 Å². The van der Waals surface area contributed by atoms with E-state index in [0.717, 1.165) is 28.5 Å². The van der Waals surface area contributed by atoms with Gasteiger partial charge in [-0.1, -0.05) is 6.07 Å². The first-order chi connectivity index (χ1) is 10.8. The van der Waals surface area contributed by atoms with Crippen LogP contribution in [-0.2, 0) is 13.6 Å². The summed E-state index contributed by atoms with van der Waals surface area (Å²) in [6.45, 7) is 7.41. The Balaban J connectivity index is 1.82. The molecule has 0 radical (unpaired) electrons. The third-order valence-corrected chi connectivity index (χ3v) is 3.75. The largest absolute Gasteiger partial charge is 0.491 e. The fourth-order valence-corrected chi connectivity index (χ4v) is 2.52. The van der Waals surface area contributed by atoms with Crippen molar-refractivity contribution in [2.75, 3.05) is 20.2 Å². The summed E-state index contributed by atoms with van der Waals surface area (Å²) in [4.78, 5) is 2.01. The lowest BCUT2D eigenvalue weighted by Crippen LogP contribution is -2.33. The number of nitrogens with zero attached hydrogens (tertiary/aromatic N) is 4. The Kier molecular flexibility index (Phi) is 5.74. The zero-order chi connectivity index (χ0) is 17.0. The highest BCUT2D eigenvalue weighted by Gasteiger charge is 2.13. The first kappa shape index (κ1) is 17.4. The highest BCUT2D eigenvalue weighted by Crippen LogP contribution is 2.16. The molecule has 1 atom stereocenters. The molecule has 1 N–H and O–H groups in total. The summed E-state index contributed by atoms with van der Waals surface area (Å²) in [5.41, 5.74) is 2.31. The lowest BCUT2D eigenvalue weighted by molar-refractivity contribution is 0.0734. The summed E-state index contributed by atoms with van der Waals surface area (Å²) < 4.78 is 7.65. The van der Waals surface area contributed by atoms with Gasteiger partial charge in [0.2, 0.25) is 0 Å². The van der Waals surface area contributed by atoms with E-state index in [1.807, 2.05) is 56.5 Å². The monoisotopic (exact) mass is 318 g/mol. The van der Waals surface area contributed by atoms with E-state index < -0.39 is 6.10 Å². The van der Waals surface area contributed by atoms with Crippen LogP contribution in [0.3, 0.4) is 0 Å². The molecule has 0 aliphatic rings. The number of hydrogen-bond donors (Lipinski definition) is 1. The van der Waals surface area contributed by atoms with Gasteiger partial charge >= 0.3 is 0 Å². The van der Waals surface area contributed by atoms with E-state index in [2.05, 4.69) is 16.3 Å². The van der Waals surface area contributed by atoms with Crippen LogP contribution in [0.1, 0.15) is 22.8 Å². The number of aliphatic hydroxyl groups excluding tert-OH is 1. The van der Waals surface area contributed by atoms with Gasteiger partial charge in [0.15, 0.2) is 0 Å². The second-order valence-electron chi connectivity index (χ2n) is 6.21. The van der Waals surface area contributed by atoms with Crippen molar-refractivity contribution < 1.29 is 9.84 Å². The van der Waals surface area contributed by atoms with Crippen LogP contribution in [0.4, 0.5) is 0 Å². The number of rotatable bonds is 7. The van der Waals surface area contributed by atoms with Gasteiger partial charge < -0.3 is 14.4 Å². The van der Waals surface area contributed by atoms with E-state index in [9.17, 15) is 5.11 Å². The maximum Gasteiger partial charge on any atom is 0.146 e. The lowest BCUT2D eigenvalue weighted by Gasteiger charge is -2.20. The quantitative estimate of drug-likeness (QED) is 0.840. The number of hydrogen-bond acceptors (Lipinski definition) is 5. The first-order valence-electron chi connectivity index (χ1n) is 7.77. The van der Waals surface area contributed by atoms with E-state index in [0.29, 0.717) is 13.1 Å². The number of aromatic nitrogens is 3. The molecule has 0 aliphatic carbocycles. The second-order valence-corrected chi connectivity index (χ2v) is 6.21. The molecule has 6 nitrogen and oxygen atoms in total. The third-order valence-electron chi connectivity index (χ3n) is 3.75. The van der Waals surface area contributed by atoms with Crippen LogP contribution < -0.4 is 4.74 Å². The highest BCUT2D eigenvalue weighted by molar-refractivity contribution is 5.32. The smallest absolute Gasteiger partial charge is 0.146 e. The fourth-order valence-electron chi connectivity index (χ4n) is 2.52. The van der Waals surface area contributed by atoms with Crippen molar-refractivity contribution in [3.05, 3.63) is 41.0 Å². The Bertz CT molecular complexity index is 634. The van der Waals surface area contributed by atoms with Crippen LogP contribution in [0, 0.1) is 20.8 Å². The molecular formula is C17H26N4O2. The van der Waals surface area contributed by atoms with E-state index in [-0.39, 0.29) is 6.61 Å². The molecule has 1 aromatic heterocycles. The molecular weight excluding hydrogens is 292 g/mol. The zero-order valence-electron chi connectivity index (χ0n) is 14.6. The molecule has 23 heavy (non-hydrogen) atoms. The predicted octanol–water partition coefficient (Wildman–Crippen LogP) is 1.61. The molecule has 6 heteroatoms. The molecule has 0 amide bonds. The first-order valence-corrected chi connectivity index (χ1v) is 7.77. The number of aryl methyl sites for hydroxylation is 3. The van der Waals surface area contributed by atoms with Crippen LogP contribution in [0.25, 0.3) is 0 Å². The number of benzene rings is 1. The van der Waals surface area contributed by atoms with E-state index >= 15 is 0 Å². The molecule has 0 fully saturated rings. The molecule has 0 saturated carbocycles. The number of aliphatic hydroxyl groups is 1. The molecule has 0 bridgehead atoms. The van der Waals surface area contributed by atoms with E-state index in [1.165, 1.54) is 0 Å². The van der Waals surface area contributed by atoms with Crippen LogP contribution in [0.2, 0.25) is 0 Å². The van der Waals surface area contributed by atoms with Gasteiger partial charge in [-0.3, -0.25) is 4.90 Å². The van der Waals surface area contributed by atoms with Gasteiger partial charge in [-0.15, -0.1) is 10.2 Å². The minimum Gasteiger partial charge on any atom is -0.491 e. The van der Waals surface area contributed by atoms with Crippen molar-refractivity contribution in [2.24, 2.45) is 7.05 Å². The Morgan fingerprint density at radius 2 is 1.83 bits per heavy atom. The van der Waals surface area contributed by atoms with Crippen LogP contribution in [-0.4, -0.2) is 51.1 Å². The molecule has 2 aromatic rings. The maximum atomic E-state index is 10.2. The summed E-state index contributed by atoms with van der Waals surface area (Å²) >= 11 is 0. The molecule has 0 saturated heterocycles. The van der Waals surface area contributed by atoms with E-state index in [1.54, 1.807) is 0 Å². The van der Waals surface area contributed by atoms with Gasteiger partial charge in [-0.2, -0.15) is 0 Å². The standard InChI is InChI=1S/C17H26N4O2/c1-12-6-13(2)8-16(7-12)23-11-15(22)9-20(4)10-17-19-18-14(3)21(17)5/h6-8,15,22H,9-11H2,1-5H3. The average Bonchev–Trinajstić information content (AvgIpc) is 2.76. The summed E-state index contributed by atoms with van der Waals surface area (Å²) in [5, 5.41) is 18.3.